The Balaban J connectivity index is 1.31. The first-order valence-corrected chi connectivity index (χ1v) is 8.61. The van der Waals surface area contributed by atoms with Crippen LogP contribution in [0.15, 0.2) is 17.1 Å². The molecule has 0 radical (unpaired) electrons. The Bertz CT molecular complexity index is 569. The molecule has 4 rings (SSSR count). The van der Waals surface area contributed by atoms with Crippen molar-refractivity contribution < 1.29 is 9.59 Å². The Kier molecular flexibility index (Phi) is 3.43. The maximum Gasteiger partial charge on any atom is 0.233 e. The summed E-state index contributed by atoms with van der Waals surface area (Å²) in [7, 11) is 1.74. The molecule has 124 valence electrons. The zero-order chi connectivity index (χ0) is 16.1. The highest BCUT2D eigenvalue weighted by Gasteiger charge is 2.58. The third-order valence-corrected chi connectivity index (χ3v) is 5.84. The van der Waals surface area contributed by atoms with Crippen molar-refractivity contribution in [1.82, 2.24) is 15.5 Å². The maximum absolute atomic E-state index is 12.6. The molecule has 6 atom stereocenters. The topological polar surface area (TPSA) is 73.8 Å². The van der Waals surface area contributed by atoms with Gasteiger partial charge in [-0.05, 0) is 30.6 Å². The first kappa shape index (κ1) is 14.7. The molecule has 0 aromatic heterocycles. The number of guanidine groups is 1. The number of hydrogen-bond donors (Lipinski definition) is 2. The Labute approximate surface area is 136 Å². The second-order valence-corrected chi connectivity index (χ2v) is 7.29. The molecule has 0 aromatic carbocycles. The van der Waals surface area contributed by atoms with Gasteiger partial charge in [0.1, 0.15) is 0 Å². The van der Waals surface area contributed by atoms with Gasteiger partial charge >= 0.3 is 0 Å². The molecule has 2 N–H and O–H groups in total. The van der Waals surface area contributed by atoms with Crippen molar-refractivity contribution in [3.8, 4) is 0 Å². The van der Waals surface area contributed by atoms with Crippen LogP contribution in [0.5, 0.6) is 0 Å². The maximum atomic E-state index is 12.6. The van der Waals surface area contributed by atoms with Crippen LogP contribution in [0, 0.1) is 29.6 Å². The summed E-state index contributed by atoms with van der Waals surface area (Å²) >= 11 is 0. The van der Waals surface area contributed by atoms with E-state index in [-0.39, 0.29) is 35.5 Å². The number of nitrogens with zero attached hydrogens (tertiary/aromatic N) is 2. The van der Waals surface area contributed by atoms with Gasteiger partial charge < -0.3 is 10.6 Å². The predicted molar refractivity (Wildman–Crippen MR) is 86.5 cm³/mol. The number of fused-ring (bicyclic) bond motifs is 5. The van der Waals surface area contributed by atoms with Crippen LogP contribution in [0.4, 0.5) is 0 Å². The number of carbonyl (C=O) groups excluding carboxylic acids is 2. The van der Waals surface area contributed by atoms with Gasteiger partial charge in [0.2, 0.25) is 11.8 Å². The standard InChI is InChI=1S/C17H24N4O2/c1-9-7-12(9)20-17(18-2)19-5-6-21-15(22)13-10-3-4-11(8-10)14(13)16(21)23/h3-4,9-14H,5-8H2,1-2H3,(H2,18,19,20). The molecule has 3 aliphatic carbocycles. The monoisotopic (exact) mass is 316 g/mol. The number of allylic oxidation sites excluding steroid dienone is 2. The van der Waals surface area contributed by atoms with Gasteiger partial charge in [-0.2, -0.15) is 0 Å². The van der Waals surface area contributed by atoms with Gasteiger partial charge in [-0.25, -0.2) is 0 Å². The van der Waals surface area contributed by atoms with Crippen molar-refractivity contribution in [3.63, 3.8) is 0 Å². The number of carbonyl (C=O) groups is 2. The highest BCUT2D eigenvalue weighted by molar-refractivity contribution is 6.06. The van der Waals surface area contributed by atoms with Crippen LogP contribution in [-0.2, 0) is 9.59 Å². The average molecular weight is 316 g/mol. The van der Waals surface area contributed by atoms with E-state index in [9.17, 15) is 9.59 Å². The third-order valence-electron chi connectivity index (χ3n) is 5.84. The quantitative estimate of drug-likeness (QED) is 0.340. The average Bonchev–Trinajstić information content (AvgIpc) is 2.93. The fraction of sp³-hybridized carbons (Fsp3) is 0.706. The second kappa shape index (κ2) is 5.35. The summed E-state index contributed by atoms with van der Waals surface area (Å²) in [6.45, 7) is 3.17. The van der Waals surface area contributed by atoms with E-state index >= 15 is 0 Å². The summed E-state index contributed by atoms with van der Waals surface area (Å²) in [5.74, 6) is 1.87. The van der Waals surface area contributed by atoms with E-state index in [1.807, 2.05) is 0 Å². The molecule has 0 aromatic rings. The van der Waals surface area contributed by atoms with Gasteiger partial charge in [0, 0.05) is 26.2 Å². The molecule has 23 heavy (non-hydrogen) atoms. The lowest BCUT2D eigenvalue weighted by atomic mass is 9.85. The lowest BCUT2D eigenvalue weighted by Gasteiger charge is -2.18. The minimum Gasteiger partial charge on any atom is -0.355 e. The van der Waals surface area contributed by atoms with Crippen LogP contribution in [0.25, 0.3) is 0 Å². The predicted octanol–water partition coefficient (Wildman–Crippen LogP) is 0.367. The number of rotatable bonds is 4. The smallest absolute Gasteiger partial charge is 0.233 e. The molecule has 1 heterocycles. The van der Waals surface area contributed by atoms with Gasteiger partial charge in [-0.15, -0.1) is 0 Å². The molecule has 6 unspecified atom stereocenters. The summed E-state index contributed by atoms with van der Waals surface area (Å²) in [6, 6.07) is 0.498. The molecule has 3 fully saturated rings. The summed E-state index contributed by atoms with van der Waals surface area (Å²) < 4.78 is 0. The van der Waals surface area contributed by atoms with Crippen LogP contribution >= 0.6 is 0 Å². The highest BCUT2D eigenvalue weighted by Crippen LogP contribution is 2.52. The van der Waals surface area contributed by atoms with Gasteiger partial charge in [-0.1, -0.05) is 19.1 Å². The minimum atomic E-state index is -0.0951. The largest absolute Gasteiger partial charge is 0.355 e. The van der Waals surface area contributed by atoms with E-state index < -0.39 is 0 Å². The molecular formula is C17H24N4O2. The van der Waals surface area contributed by atoms with Crippen molar-refractivity contribution >= 4 is 17.8 Å². The molecular weight excluding hydrogens is 292 g/mol. The van der Waals surface area contributed by atoms with Crippen molar-refractivity contribution in [2.75, 3.05) is 20.1 Å². The van der Waals surface area contributed by atoms with E-state index in [0.717, 1.165) is 12.4 Å². The number of amides is 2. The fourth-order valence-corrected chi connectivity index (χ4v) is 4.36. The van der Waals surface area contributed by atoms with Crippen LogP contribution in [0.3, 0.4) is 0 Å². The van der Waals surface area contributed by atoms with Gasteiger partial charge in [0.05, 0.1) is 11.8 Å². The third kappa shape index (κ3) is 2.35. The zero-order valence-corrected chi connectivity index (χ0v) is 13.7. The molecule has 1 aliphatic heterocycles. The van der Waals surface area contributed by atoms with E-state index in [4.69, 9.17) is 0 Å². The number of likely N-dealkylation sites (tertiary alicyclic amines) is 1. The first-order valence-electron chi connectivity index (χ1n) is 8.61. The number of imide groups is 1. The Hall–Kier alpha value is -1.85. The lowest BCUT2D eigenvalue weighted by molar-refractivity contribution is -0.140. The SMILES string of the molecule is CN=C(NCCN1C(=O)C2C3C=CC(C3)C2C1=O)NC1CC1C. The molecule has 1 saturated heterocycles. The zero-order valence-electron chi connectivity index (χ0n) is 13.7. The highest BCUT2D eigenvalue weighted by atomic mass is 16.2. The number of aliphatic imine (C=N–C) groups is 1. The summed E-state index contributed by atoms with van der Waals surface area (Å²) in [5, 5.41) is 6.55. The Morgan fingerprint density at radius 2 is 1.83 bits per heavy atom. The first-order chi connectivity index (χ1) is 11.1. The Morgan fingerprint density at radius 1 is 1.22 bits per heavy atom. The van der Waals surface area contributed by atoms with Crippen LogP contribution < -0.4 is 10.6 Å². The van der Waals surface area contributed by atoms with Gasteiger partial charge in [0.25, 0.3) is 0 Å². The van der Waals surface area contributed by atoms with E-state index in [2.05, 4.69) is 34.7 Å². The van der Waals surface area contributed by atoms with Crippen molar-refractivity contribution in [3.05, 3.63) is 12.2 Å². The lowest BCUT2D eigenvalue weighted by Crippen LogP contribution is -2.44. The van der Waals surface area contributed by atoms with Crippen molar-refractivity contribution in [2.45, 2.75) is 25.8 Å². The molecule has 2 bridgehead atoms. The summed E-state index contributed by atoms with van der Waals surface area (Å²) in [6.07, 6.45) is 6.40. The molecule has 0 spiro atoms. The van der Waals surface area contributed by atoms with Crippen LogP contribution in [-0.4, -0.2) is 48.9 Å². The molecule has 2 saturated carbocycles. The summed E-state index contributed by atoms with van der Waals surface area (Å²) in [5.41, 5.74) is 0. The number of hydrogen-bond acceptors (Lipinski definition) is 3. The van der Waals surface area contributed by atoms with Gasteiger partial charge in [-0.3, -0.25) is 19.5 Å². The molecule has 4 aliphatic rings. The van der Waals surface area contributed by atoms with E-state index in [0.29, 0.717) is 25.0 Å². The van der Waals surface area contributed by atoms with Crippen LogP contribution in [0.2, 0.25) is 0 Å². The molecule has 2 amide bonds. The second-order valence-electron chi connectivity index (χ2n) is 7.29. The minimum absolute atomic E-state index is 0.0254. The van der Waals surface area contributed by atoms with Crippen LogP contribution in [0.1, 0.15) is 19.8 Å². The summed E-state index contributed by atoms with van der Waals surface area (Å²) in [4.78, 5) is 30.8. The molecule has 6 nitrogen and oxygen atoms in total. The molecule has 6 heteroatoms. The fourth-order valence-electron chi connectivity index (χ4n) is 4.36. The Morgan fingerprint density at radius 3 is 2.35 bits per heavy atom. The van der Waals surface area contributed by atoms with E-state index in [1.54, 1.807) is 7.05 Å². The number of nitrogens with one attached hydrogen (secondary N) is 2. The van der Waals surface area contributed by atoms with Crippen molar-refractivity contribution in [1.29, 1.82) is 0 Å². The van der Waals surface area contributed by atoms with Crippen molar-refractivity contribution in [2.24, 2.45) is 34.6 Å². The van der Waals surface area contributed by atoms with E-state index in [1.165, 1.54) is 11.3 Å². The normalized spacial score (nSPS) is 40.8. The van der Waals surface area contributed by atoms with Gasteiger partial charge in [0.15, 0.2) is 5.96 Å².